The molecule has 0 bridgehead atoms. The van der Waals surface area contributed by atoms with Gasteiger partial charge in [-0.2, -0.15) is 5.10 Å². The Balaban J connectivity index is 1.51. The Morgan fingerprint density at radius 2 is 1.88 bits per heavy atom. The van der Waals surface area contributed by atoms with Crippen LogP contribution in [0.1, 0.15) is 34.5 Å². The molecule has 2 aromatic heterocycles. The van der Waals surface area contributed by atoms with E-state index in [9.17, 15) is 4.79 Å². The number of carbonyl (C=O) groups excluding carboxylic acids is 1. The smallest absolute Gasteiger partial charge is 0.259 e. The number of aromatic nitrogens is 3. The summed E-state index contributed by atoms with van der Waals surface area (Å²) in [5.74, 6) is 0.0324. The average molecular weight is 332 g/mol. The van der Waals surface area contributed by atoms with Crippen LogP contribution in [0, 0.1) is 6.92 Å². The highest BCUT2D eigenvalue weighted by atomic mass is 16.2. The molecule has 0 aliphatic carbocycles. The number of hydrogen-bond acceptors (Lipinski definition) is 3. The lowest BCUT2D eigenvalue weighted by Gasteiger charge is -2.28. The zero-order chi connectivity index (χ0) is 17.2. The summed E-state index contributed by atoms with van der Waals surface area (Å²) in [5.41, 5.74) is 4.60. The van der Waals surface area contributed by atoms with Gasteiger partial charge in [0.15, 0.2) is 5.65 Å². The van der Waals surface area contributed by atoms with Crippen LogP contribution in [0.3, 0.4) is 0 Å². The highest BCUT2D eigenvalue weighted by Crippen LogP contribution is 2.23. The Bertz CT molecular complexity index is 933. The molecule has 5 heteroatoms. The summed E-state index contributed by atoms with van der Waals surface area (Å²) in [5, 5.41) is 4.40. The van der Waals surface area contributed by atoms with Gasteiger partial charge < -0.3 is 4.90 Å². The van der Waals surface area contributed by atoms with E-state index in [0.29, 0.717) is 11.2 Å². The predicted molar refractivity (Wildman–Crippen MR) is 97.3 cm³/mol. The molecule has 126 valence electrons. The van der Waals surface area contributed by atoms with Gasteiger partial charge in [-0.15, -0.1) is 0 Å². The van der Waals surface area contributed by atoms with Crippen molar-refractivity contribution in [1.29, 1.82) is 0 Å². The van der Waals surface area contributed by atoms with Gasteiger partial charge in [0, 0.05) is 25.5 Å². The van der Waals surface area contributed by atoms with Crippen molar-refractivity contribution in [3.05, 3.63) is 71.2 Å². The maximum Gasteiger partial charge on any atom is 0.259 e. The first-order chi connectivity index (χ1) is 12.2. The normalized spacial score (nSPS) is 14.8. The molecule has 1 saturated heterocycles. The first-order valence-corrected chi connectivity index (χ1v) is 8.56. The molecule has 0 unspecified atom stereocenters. The van der Waals surface area contributed by atoms with Gasteiger partial charge in [0.25, 0.3) is 5.91 Å². The van der Waals surface area contributed by atoms with Crippen molar-refractivity contribution in [2.24, 2.45) is 0 Å². The monoisotopic (exact) mass is 332 g/mol. The van der Waals surface area contributed by atoms with E-state index in [4.69, 9.17) is 0 Å². The maximum absolute atomic E-state index is 13.0. The van der Waals surface area contributed by atoms with Crippen LogP contribution >= 0.6 is 0 Å². The molecule has 5 nitrogen and oxygen atoms in total. The van der Waals surface area contributed by atoms with Crippen LogP contribution in [0.5, 0.6) is 0 Å². The molecule has 1 aliphatic rings. The number of carbonyl (C=O) groups is 1. The van der Waals surface area contributed by atoms with E-state index in [1.165, 1.54) is 11.1 Å². The standard InChI is InChI=1S/C20H20N4O/c1-15-18(19-21-10-5-11-24(19)22-15)20(25)23-12-8-17(9-13-23)14-16-6-3-2-4-7-16/h2-7,10-11,14H,8-9,12-13H2,1H3. The van der Waals surface area contributed by atoms with Crippen molar-refractivity contribution < 1.29 is 4.79 Å². The minimum Gasteiger partial charge on any atom is -0.338 e. The summed E-state index contributed by atoms with van der Waals surface area (Å²) >= 11 is 0. The molecule has 1 fully saturated rings. The van der Waals surface area contributed by atoms with Crippen LogP contribution in [0.25, 0.3) is 11.7 Å². The first kappa shape index (κ1) is 15.6. The van der Waals surface area contributed by atoms with Crippen molar-refractivity contribution in [2.75, 3.05) is 13.1 Å². The first-order valence-electron chi connectivity index (χ1n) is 8.56. The minimum absolute atomic E-state index is 0.0324. The molecule has 1 aliphatic heterocycles. The van der Waals surface area contributed by atoms with E-state index in [1.807, 2.05) is 42.3 Å². The molecular formula is C20H20N4O. The fourth-order valence-electron chi connectivity index (χ4n) is 3.33. The van der Waals surface area contributed by atoms with E-state index in [0.717, 1.165) is 31.6 Å². The Morgan fingerprint density at radius 3 is 2.64 bits per heavy atom. The second-order valence-corrected chi connectivity index (χ2v) is 6.35. The Hall–Kier alpha value is -2.95. The second-order valence-electron chi connectivity index (χ2n) is 6.35. The lowest BCUT2D eigenvalue weighted by Crippen LogP contribution is -2.36. The SMILES string of the molecule is Cc1nn2cccnc2c1C(=O)N1CCC(=Cc2ccccc2)CC1. The van der Waals surface area contributed by atoms with Gasteiger partial charge in [0.1, 0.15) is 5.56 Å². The Labute approximate surface area is 146 Å². The van der Waals surface area contributed by atoms with E-state index in [2.05, 4.69) is 28.3 Å². The second kappa shape index (κ2) is 6.51. The number of rotatable bonds is 2. The fraction of sp³-hybridized carbons (Fsp3) is 0.250. The van der Waals surface area contributed by atoms with Crippen LogP contribution in [0.15, 0.2) is 54.4 Å². The lowest BCUT2D eigenvalue weighted by atomic mass is 10.0. The topological polar surface area (TPSA) is 50.5 Å². The van der Waals surface area contributed by atoms with Gasteiger partial charge in [-0.3, -0.25) is 4.79 Å². The third kappa shape index (κ3) is 3.05. The molecule has 0 saturated carbocycles. The number of hydrogen-bond donors (Lipinski definition) is 0. The highest BCUT2D eigenvalue weighted by molar-refractivity contribution is 6.01. The van der Waals surface area contributed by atoms with E-state index in [-0.39, 0.29) is 5.91 Å². The van der Waals surface area contributed by atoms with Crippen molar-refractivity contribution in [3.8, 4) is 0 Å². The molecule has 3 heterocycles. The Morgan fingerprint density at radius 1 is 1.12 bits per heavy atom. The molecule has 1 aromatic carbocycles. The van der Waals surface area contributed by atoms with Gasteiger partial charge in [0.05, 0.1) is 5.69 Å². The number of amides is 1. The van der Waals surface area contributed by atoms with Crippen LogP contribution in [-0.4, -0.2) is 38.5 Å². The highest BCUT2D eigenvalue weighted by Gasteiger charge is 2.25. The third-order valence-corrected chi connectivity index (χ3v) is 4.65. The maximum atomic E-state index is 13.0. The van der Waals surface area contributed by atoms with Gasteiger partial charge in [0.2, 0.25) is 0 Å². The molecular weight excluding hydrogens is 312 g/mol. The quantitative estimate of drug-likeness (QED) is 0.723. The zero-order valence-corrected chi connectivity index (χ0v) is 14.2. The van der Waals surface area contributed by atoms with E-state index >= 15 is 0 Å². The number of nitrogens with zero attached hydrogens (tertiary/aromatic N) is 4. The van der Waals surface area contributed by atoms with Crippen molar-refractivity contribution >= 4 is 17.6 Å². The number of benzene rings is 1. The minimum atomic E-state index is 0.0324. The Kier molecular flexibility index (Phi) is 4.06. The van der Waals surface area contributed by atoms with Gasteiger partial charge in [-0.25, -0.2) is 9.50 Å². The van der Waals surface area contributed by atoms with Gasteiger partial charge in [-0.1, -0.05) is 42.0 Å². The summed E-state index contributed by atoms with van der Waals surface area (Å²) in [6.07, 6.45) is 7.58. The van der Waals surface area contributed by atoms with Crippen molar-refractivity contribution in [2.45, 2.75) is 19.8 Å². The summed E-state index contributed by atoms with van der Waals surface area (Å²) < 4.78 is 1.67. The molecule has 25 heavy (non-hydrogen) atoms. The van der Waals surface area contributed by atoms with Crippen LogP contribution in [0.2, 0.25) is 0 Å². The molecule has 0 atom stereocenters. The summed E-state index contributed by atoms with van der Waals surface area (Å²) in [6.45, 7) is 3.34. The predicted octanol–water partition coefficient (Wildman–Crippen LogP) is 3.36. The van der Waals surface area contributed by atoms with Crippen LogP contribution in [-0.2, 0) is 0 Å². The summed E-state index contributed by atoms with van der Waals surface area (Å²) in [6, 6.07) is 12.2. The molecule has 3 aromatic rings. The van der Waals surface area contributed by atoms with Crippen molar-refractivity contribution in [1.82, 2.24) is 19.5 Å². The third-order valence-electron chi connectivity index (χ3n) is 4.65. The lowest BCUT2D eigenvalue weighted by molar-refractivity contribution is 0.0745. The fourth-order valence-corrected chi connectivity index (χ4v) is 3.33. The van der Waals surface area contributed by atoms with Crippen LogP contribution < -0.4 is 0 Å². The molecule has 4 rings (SSSR count). The largest absolute Gasteiger partial charge is 0.338 e. The summed E-state index contributed by atoms with van der Waals surface area (Å²) in [4.78, 5) is 19.2. The number of fused-ring (bicyclic) bond motifs is 1. The van der Waals surface area contributed by atoms with E-state index in [1.54, 1.807) is 10.7 Å². The number of likely N-dealkylation sites (tertiary alicyclic amines) is 1. The van der Waals surface area contributed by atoms with Gasteiger partial charge >= 0.3 is 0 Å². The molecule has 0 spiro atoms. The van der Waals surface area contributed by atoms with Crippen LogP contribution in [0.4, 0.5) is 0 Å². The van der Waals surface area contributed by atoms with Crippen molar-refractivity contribution in [3.63, 3.8) is 0 Å². The number of aryl methyl sites for hydroxylation is 1. The van der Waals surface area contributed by atoms with E-state index < -0.39 is 0 Å². The molecule has 0 N–H and O–H groups in total. The molecule has 0 radical (unpaired) electrons. The zero-order valence-electron chi connectivity index (χ0n) is 14.2. The number of piperidine rings is 1. The van der Waals surface area contributed by atoms with Gasteiger partial charge in [-0.05, 0) is 31.4 Å². The summed E-state index contributed by atoms with van der Waals surface area (Å²) in [7, 11) is 0. The average Bonchev–Trinajstić information content (AvgIpc) is 2.98. The molecule has 1 amide bonds.